The van der Waals surface area contributed by atoms with Gasteiger partial charge in [-0.2, -0.15) is 5.10 Å². The van der Waals surface area contributed by atoms with Crippen LogP contribution < -0.4 is 15.5 Å². The van der Waals surface area contributed by atoms with Crippen LogP contribution in [-0.2, 0) is 27.2 Å². The first-order chi connectivity index (χ1) is 15.4. The molecule has 2 aliphatic rings. The van der Waals surface area contributed by atoms with Crippen LogP contribution >= 0.6 is 0 Å². The van der Waals surface area contributed by atoms with Crippen LogP contribution in [0.15, 0.2) is 18.2 Å². The maximum atomic E-state index is 12.3. The van der Waals surface area contributed by atoms with Gasteiger partial charge >= 0.3 is 6.09 Å². The molecule has 1 aromatic heterocycles. The predicted octanol–water partition coefficient (Wildman–Crippen LogP) is 0.318. The molecule has 2 atom stereocenters. The van der Waals surface area contributed by atoms with Crippen LogP contribution in [0.5, 0.6) is 0 Å². The molecule has 170 valence electrons. The van der Waals surface area contributed by atoms with Gasteiger partial charge in [-0.15, -0.1) is 0 Å². The van der Waals surface area contributed by atoms with Gasteiger partial charge in [-0.25, -0.2) is 4.79 Å². The average molecular weight is 443 g/mol. The molecule has 0 bridgehead atoms. The minimum absolute atomic E-state index is 0.179. The van der Waals surface area contributed by atoms with Crippen molar-refractivity contribution in [2.75, 3.05) is 29.9 Å². The summed E-state index contributed by atoms with van der Waals surface area (Å²) in [5.74, 6) is -0.567. The molecule has 2 aromatic rings. The van der Waals surface area contributed by atoms with E-state index in [-0.39, 0.29) is 12.5 Å². The number of aliphatic hydroxyl groups excluding tert-OH is 2. The van der Waals surface area contributed by atoms with Gasteiger partial charge in [0.25, 0.3) is 5.91 Å². The number of rotatable bonds is 6. The molecule has 11 heteroatoms. The van der Waals surface area contributed by atoms with E-state index in [0.29, 0.717) is 24.5 Å². The normalized spacial score (nSPS) is 18.3. The number of fused-ring (bicyclic) bond motifs is 3. The van der Waals surface area contributed by atoms with Gasteiger partial charge in [0, 0.05) is 23.7 Å². The van der Waals surface area contributed by atoms with Crippen molar-refractivity contribution in [3.8, 4) is 11.3 Å². The summed E-state index contributed by atoms with van der Waals surface area (Å²) in [6.07, 6.45) is -0.169. The second kappa shape index (κ2) is 8.97. The highest BCUT2D eigenvalue weighted by atomic mass is 16.6. The number of hydrogen-bond donors (Lipinski definition) is 5. The van der Waals surface area contributed by atoms with E-state index in [0.717, 1.165) is 35.2 Å². The van der Waals surface area contributed by atoms with Gasteiger partial charge in [0.2, 0.25) is 5.91 Å². The topological polar surface area (TPSA) is 157 Å². The van der Waals surface area contributed by atoms with Gasteiger partial charge in [-0.1, -0.05) is 6.07 Å². The fourth-order valence-corrected chi connectivity index (χ4v) is 3.97. The lowest BCUT2D eigenvalue weighted by Crippen LogP contribution is -2.33. The summed E-state index contributed by atoms with van der Waals surface area (Å²) in [6.45, 7) is 1.35. The van der Waals surface area contributed by atoms with Crippen molar-refractivity contribution in [3.05, 3.63) is 29.3 Å². The Balaban J connectivity index is 1.56. The number of carbonyl (C=O) groups is 3. The van der Waals surface area contributed by atoms with E-state index in [9.17, 15) is 19.5 Å². The molecule has 0 saturated carbocycles. The number of amides is 3. The van der Waals surface area contributed by atoms with Crippen molar-refractivity contribution in [1.29, 1.82) is 0 Å². The Hall–Kier alpha value is -3.44. The van der Waals surface area contributed by atoms with Crippen molar-refractivity contribution in [2.24, 2.45) is 0 Å². The van der Waals surface area contributed by atoms with Crippen molar-refractivity contribution in [1.82, 2.24) is 15.5 Å². The lowest BCUT2D eigenvalue weighted by atomic mass is 10.0. The summed E-state index contributed by atoms with van der Waals surface area (Å²) in [5, 5.41) is 30.8. The fourth-order valence-electron chi connectivity index (χ4n) is 3.97. The first kappa shape index (κ1) is 21.8. The highest BCUT2D eigenvalue weighted by Crippen LogP contribution is 2.37. The van der Waals surface area contributed by atoms with Crippen LogP contribution in [0, 0.1) is 0 Å². The number of anilines is 2. The molecule has 4 rings (SSSR count). The molecule has 1 fully saturated rings. The fraction of sp³-hybridized carbons (Fsp3) is 0.429. The van der Waals surface area contributed by atoms with E-state index in [1.54, 1.807) is 4.90 Å². The highest BCUT2D eigenvalue weighted by Gasteiger charge is 2.33. The second-order valence-corrected chi connectivity index (χ2v) is 7.86. The Morgan fingerprint density at radius 2 is 2.19 bits per heavy atom. The number of benzene rings is 1. The Labute approximate surface area is 183 Å². The molecule has 1 unspecified atom stereocenters. The number of H-pyrrole nitrogens is 1. The van der Waals surface area contributed by atoms with Crippen LogP contribution in [0.2, 0.25) is 0 Å². The molecule has 0 spiro atoms. The minimum atomic E-state index is -1.52. The van der Waals surface area contributed by atoms with E-state index in [1.165, 1.54) is 6.92 Å². The summed E-state index contributed by atoms with van der Waals surface area (Å²) in [4.78, 5) is 37.0. The molecular formula is C21H25N5O6. The minimum Gasteiger partial charge on any atom is -0.442 e. The Morgan fingerprint density at radius 3 is 2.94 bits per heavy atom. The summed E-state index contributed by atoms with van der Waals surface area (Å²) >= 11 is 0. The SMILES string of the molecule is CC(=O)NCC1CN(c2ccc3c(c2)CCCc2c(NC(=O)[C@@H](O)CO)n[nH]c2-3)C(=O)O1. The molecule has 1 aliphatic heterocycles. The Kier molecular flexibility index (Phi) is 6.10. The lowest BCUT2D eigenvalue weighted by Gasteiger charge is -2.16. The Bertz CT molecular complexity index is 1050. The number of nitrogens with one attached hydrogen (secondary N) is 3. The number of carbonyl (C=O) groups excluding carboxylic acids is 3. The Morgan fingerprint density at radius 1 is 1.38 bits per heavy atom. The van der Waals surface area contributed by atoms with E-state index < -0.39 is 30.8 Å². The summed E-state index contributed by atoms with van der Waals surface area (Å²) in [5.41, 5.74) is 4.24. The van der Waals surface area contributed by atoms with Crippen LogP contribution in [-0.4, -0.2) is 70.2 Å². The van der Waals surface area contributed by atoms with Crippen LogP contribution in [0.4, 0.5) is 16.3 Å². The van der Waals surface area contributed by atoms with E-state index >= 15 is 0 Å². The zero-order valence-corrected chi connectivity index (χ0v) is 17.6. The van der Waals surface area contributed by atoms with E-state index in [4.69, 9.17) is 9.84 Å². The molecule has 11 nitrogen and oxygen atoms in total. The maximum absolute atomic E-state index is 12.3. The monoisotopic (exact) mass is 443 g/mol. The van der Waals surface area contributed by atoms with Gasteiger partial charge in [-0.3, -0.25) is 19.6 Å². The van der Waals surface area contributed by atoms with Gasteiger partial charge < -0.3 is 25.6 Å². The number of hydrogen-bond acceptors (Lipinski definition) is 7. The number of cyclic esters (lactones) is 1. The lowest BCUT2D eigenvalue weighted by molar-refractivity contribution is -0.125. The maximum Gasteiger partial charge on any atom is 0.414 e. The van der Waals surface area contributed by atoms with Crippen LogP contribution in [0.3, 0.4) is 0 Å². The third-order valence-electron chi connectivity index (χ3n) is 5.58. The smallest absolute Gasteiger partial charge is 0.414 e. The molecule has 5 N–H and O–H groups in total. The number of nitrogens with zero attached hydrogens (tertiary/aromatic N) is 2. The molecule has 1 aromatic carbocycles. The van der Waals surface area contributed by atoms with Crippen molar-refractivity contribution in [3.63, 3.8) is 0 Å². The molecular weight excluding hydrogens is 418 g/mol. The summed E-state index contributed by atoms with van der Waals surface area (Å²) < 4.78 is 5.35. The summed E-state index contributed by atoms with van der Waals surface area (Å²) in [6, 6.07) is 5.67. The van der Waals surface area contributed by atoms with Crippen molar-refractivity contribution >= 4 is 29.4 Å². The summed E-state index contributed by atoms with van der Waals surface area (Å²) in [7, 11) is 0. The van der Waals surface area contributed by atoms with Gasteiger partial charge in [0.1, 0.15) is 6.10 Å². The van der Waals surface area contributed by atoms with Gasteiger partial charge in [-0.05, 0) is 37.0 Å². The quantitative estimate of drug-likeness (QED) is 0.430. The van der Waals surface area contributed by atoms with E-state index in [1.807, 2.05) is 18.2 Å². The standard InChI is InChI=1S/C21H25N5O6/c1-11(28)22-8-14-9-26(21(31)32-14)13-5-6-15-12(7-13)3-2-4-16-18(15)24-25-19(16)23-20(30)17(29)10-27/h5-7,14,17,27,29H,2-4,8-10H2,1H3,(H,22,28)(H2,23,24,25,30)/t14?,17-/m0/s1. The number of aryl methyl sites for hydroxylation is 1. The van der Waals surface area contributed by atoms with Crippen LogP contribution in [0.25, 0.3) is 11.3 Å². The highest BCUT2D eigenvalue weighted by molar-refractivity contribution is 5.95. The van der Waals surface area contributed by atoms with Crippen molar-refractivity contribution in [2.45, 2.75) is 38.4 Å². The molecule has 2 heterocycles. The number of aromatic amines is 1. The predicted molar refractivity (Wildman–Crippen MR) is 114 cm³/mol. The zero-order chi connectivity index (χ0) is 22.8. The molecule has 1 aliphatic carbocycles. The van der Waals surface area contributed by atoms with Gasteiger partial charge in [0.05, 0.1) is 25.4 Å². The second-order valence-electron chi connectivity index (χ2n) is 7.86. The molecule has 0 radical (unpaired) electrons. The number of aromatic nitrogens is 2. The molecule has 3 amide bonds. The van der Waals surface area contributed by atoms with Crippen molar-refractivity contribution < 1.29 is 29.3 Å². The number of aliphatic hydroxyl groups is 2. The molecule has 1 saturated heterocycles. The van der Waals surface area contributed by atoms with Crippen LogP contribution in [0.1, 0.15) is 24.5 Å². The first-order valence-electron chi connectivity index (χ1n) is 10.4. The largest absolute Gasteiger partial charge is 0.442 e. The third-order valence-corrected chi connectivity index (χ3v) is 5.58. The van der Waals surface area contributed by atoms with Gasteiger partial charge in [0.15, 0.2) is 11.9 Å². The first-order valence-corrected chi connectivity index (χ1v) is 10.4. The third kappa shape index (κ3) is 4.30. The van der Waals surface area contributed by atoms with E-state index in [2.05, 4.69) is 20.8 Å². The average Bonchev–Trinajstić information content (AvgIpc) is 3.29. The number of ether oxygens (including phenoxy) is 1. The molecule has 32 heavy (non-hydrogen) atoms. The zero-order valence-electron chi connectivity index (χ0n) is 17.6.